The van der Waals surface area contributed by atoms with Gasteiger partial charge in [0.2, 0.25) is 0 Å². The summed E-state index contributed by atoms with van der Waals surface area (Å²) < 4.78 is 10.8. The van der Waals surface area contributed by atoms with E-state index >= 15 is 0 Å². The third-order valence-corrected chi connectivity index (χ3v) is 9.27. The maximum Gasteiger partial charge on any atom is 0.410 e. The van der Waals surface area contributed by atoms with E-state index in [1.165, 1.54) is 0 Å². The first-order valence-corrected chi connectivity index (χ1v) is 12.3. The molecule has 1 N–H and O–H groups in total. The molecule has 5 nitrogen and oxygen atoms in total. The number of likely N-dealkylation sites (tertiary alicyclic amines) is 1. The predicted octanol–water partition coefficient (Wildman–Crippen LogP) is 4.03. The van der Waals surface area contributed by atoms with Crippen LogP contribution in [-0.2, 0) is 16.1 Å². The van der Waals surface area contributed by atoms with Crippen molar-refractivity contribution in [1.29, 1.82) is 0 Å². The Bertz CT molecular complexity index is 585. The molecule has 1 fully saturated rings. The molecule has 2 rings (SSSR count). The molecule has 0 radical (unpaired) electrons. The van der Waals surface area contributed by atoms with Gasteiger partial charge in [-0.25, -0.2) is 4.79 Å². The van der Waals surface area contributed by atoms with Crippen LogP contribution >= 0.6 is 0 Å². The Morgan fingerprint density at radius 3 is 2.54 bits per heavy atom. The molecule has 26 heavy (non-hydrogen) atoms. The second-order valence-electron chi connectivity index (χ2n) is 8.55. The molecule has 146 valence electrons. The number of carbonyl (C=O) groups is 1. The molecule has 0 aliphatic carbocycles. The van der Waals surface area contributed by atoms with Crippen LogP contribution in [0.4, 0.5) is 4.79 Å². The quantitative estimate of drug-likeness (QED) is 0.727. The lowest BCUT2D eigenvalue weighted by atomic mass is 9.94. The lowest BCUT2D eigenvalue weighted by Gasteiger charge is -2.37. The van der Waals surface area contributed by atoms with Crippen LogP contribution in [0.5, 0.6) is 0 Å². The van der Waals surface area contributed by atoms with Crippen LogP contribution in [0.25, 0.3) is 0 Å². The minimum absolute atomic E-state index is 0.0348. The van der Waals surface area contributed by atoms with E-state index in [1.54, 1.807) is 12.0 Å². The first-order chi connectivity index (χ1) is 12.1. The monoisotopic (exact) mass is 379 g/mol. The fraction of sp³-hybridized carbons (Fsp3) is 0.650. The summed E-state index contributed by atoms with van der Waals surface area (Å²) in [7, 11) is -0.606. The third kappa shape index (κ3) is 5.31. The van der Waals surface area contributed by atoms with Crippen molar-refractivity contribution in [2.45, 2.75) is 57.5 Å². The minimum atomic E-state index is -2.27. The van der Waals surface area contributed by atoms with Gasteiger partial charge in [0.15, 0.2) is 8.32 Å². The highest BCUT2D eigenvalue weighted by Crippen LogP contribution is 2.44. The maximum absolute atomic E-state index is 12.6. The van der Waals surface area contributed by atoms with E-state index in [-0.39, 0.29) is 23.8 Å². The number of benzene rings is 1. The molecule has 1 aromatic carbocycles. The van der Waals surface area contributed by atoms with E-state index in [4.69, 9.17) is 9.47 Å². The normalized spacial score (nSPS) is 21.1. The van der Waals surface area contributed by atoms with Crippen molar-refractivity contribution >= 4 is 14.4 Å². The first-order valence-electron chi connectivity index (χ1n) is 9.32. The van der Waals surface area contributed by atoms with Gasteiger partial charge in [-0.1, -0.05) is 44.2 Å². The van der Waals surface area contributed by atoms with E-state index in [0.29, 0.717) is 19.1 Å². The number of hydrogen-bond acceptors (Lipinski definition) is 4. The Morgan fingerprint density at radius 1 is 1.31 bits per heavy atom. The summed E-state index contributed by atoms with van der Waals surface area (Å²) in [4.78, 5) is 25.0. The lowest BCUT2D eigenvalue weighted by Crippen LogP contribution is -2.41. The van der Waals surface area contributed by atoms with Crippen molar-refractivity contribution in [2.75, 3.05) is 20.3 Å². The van der Waals surface area contributed by atoms with E-state index in [0.717, 1.165) is 18.4 Å². The van der Waals surface area contributed by atoms with Gasteiger partial charge in [-0.2, -0.15) is 0 Å². The average molecular weight is 380 g/mol. The average Bonchev–Trinajstić information content (AvgIpc) is 2.95. The van der Waals surface area contributed by atoms with E-state index < -0.39 is 8.32 Å². The molecule has 0 saturated carbocycles. The molecule has 1 aliphatic heterocycles. The Kier molecular flexibility index (Phi) is 6.88. The van der Waals surface area contributed by atoms with Crippen molar-refractivity contribution in [3.05, 3.63) is 35.9 Å². The summed E-state index contributed by atoms with van der Waals surface area (Å²) in [6.07, 6.45) is 1.52. The van der Waals surface area contributed by atoms with Crippen molar-refractivity contribution in [3.63, 3.8) is 0 Å². The Balaban J connectivity index is 1.98. The Labute approximate surface area is 158 Å². The number of hydrogen-bond donors (Lipinski definition) is 1. The lowest BCUT2D eigenvalue weighted by molar-refractivity contribution is 0.0697. The van der Waals surface area contributed by atoms with Crippen molar-refractivity contribution in [3.8, 4) is 0 Å². The fourth-order valence-electron chi connectivity index (χ4n) is 3.51. The van der Waals surface area contributed by atoms with Crippen LogP contribution in [0, 0.1) is 5.92 Å². The Hall–Kier alpha value is -1.37. The smallest absolute Gasteiger partial charge is 0.410 e. The van der Waals surface area contributed by atoms with Crippen LogP contribution in [0.15, 0.2) is 30.3 Å². The number of methoxy groups -OCH3 is 1. The second kappa shape index (κ2) is 8.54. The van der Waals surface area contributed by atoms with Gasteiger partial charge < -0.3 is 19.2 Å². The zero-order valence-electron chi connectivity index (χ0n) is 16.7. The molecule has 2 atom stereocenters. The third-order valence-electron chi connectivity index (χ3n) is 5.75. The highest BCUT2D eigenvalue weighted by Gasteiger charge is 2.44. The second-order valence-corrected chi connectivity index (χ2v) is 13.0. The molecule has 1 heterocycles. The zero-order chi connectivity index (χ0) is 19.4. The van der Waals surface area contributed by atoms with Gasteiger partial charge in [0, 0.05) is 13.7 Å². The van der Waals surface area contributed by atoms with Crippen molar-refractivity contribution < 1.29 is 19.1 Å². The van der Waals surface area contributed by atoms with Gasteiger partial charge in [0.25, 0.3) is 0 Å². The van der Waals surface area contributed by atoms with Crippen molar-refractivity contribution in [2.24, 2.45) is 5.92 Å². The molecule has 1 aromatic rings. The summed E-state index contributed by atoms with van der Waals surface area (Å²) in [5.41, 5.74) is 0.981. The van der Waals surface area contributed by atoms with E-state index in [9.17, 15) is 9.59 Å². The highest BCUT2D eigenvalue weighted by atomic mass is 28.4. The number of rotatable bonds is 7. The highest BCUT2D eigenvalue weighted by molar-refractivity contribution is 6.72. The maximum atomic E-state index is 12.6. The van der Waals surface area contributed by atoms with Gasteiger partial charge in [-0.3, -0.25) is 0 Å². The van der Waals surface area contributed by atoms with Crippen LogP contribution in [0.2, 0.25) is 18.1 Å². The standard InChI is InChI=1S/C20H33NO4Si/c1-20(2,26(4,5)23)12-17-11-18(15-24-3)21(13-17)19(22)25-14-16-9-7-6-8-10-16/h6-10,17-18,23H,11-15H2,1-5H3/t17-,18-/m0/s1. The van der Waals surface area contributed by atoms with Crippen LogP contribution in [0.3, 0.4) is 0 Å². The topological polar surface area (TPSA) is 59.0 Å². The van der Waals surface area contributed by atoms with Crippen LogP contribution in [0.1, 0.15) is 32.3 Å². The molecular formula is C20H33NO4Si. The van der Waals surface area contributed by atoms with Crippen LogP contribution < -0.4 is 0 Å². The van der Waals surface area contributed by atoms with Crippen LogP contribution in [-0.4, -0.2) is 50.4 Å². The first kappa shape index (κ1) is 20.9. The van der Waals surface area contributed by atoms with Crippen molar-refractivity contribution in [1.82, 2.24) is 4.90 Å². The number of nitrogens with zero attached hydrogens (tertiary/aromatic N) is 1. The molecule has 1 aliphatic rings. The molecule has 1 amide bonds. The van der Waals surface area contributed by atoms with E-state index in [2.05, 4.69) is 13.8 Å². The molecular weight excluding hydrogens is 346 g/mol. The molecule has 1 saturated heterocycles. The van der Waals surface area contributed by atoms with E-state index in [1.807, 2.05) is 43.4 Å². The largest absolute Gasteiger partial charge is 0.445 e. The summed E-state index contributed by atoms with van der Waals surface area (Å²) in [5, 5.41) is -0.0980. The summed E-state index contributed by atoms with van der Waals surface area (Å²) in [6, 6.07) is 9.74. The molecule has 0 bridgehead atoms. The van der Waals surface area contributed by atoms with Gasteiger partial charge >= 0.3 is 6.09 Å². The summed E-state index contributed by atoms with van der Waals surface area (Å²) in [6.45, 7) is 9.71. The minimum Gasteiger partial charge on any atom is -0.445 e. The Morgan fingerprint density at radius 2 is 1.96 bits per heavy atom. The predicted molar refractivity (Wildman–Crippen MR) is 105 cm³/mol. The molecule has 0 unspecified atom stereocenters. The summed E-state index contributed by atoms with van der Waals surface area (Å²) >= 11 is 0. The summed E-state index contributed by atoms with van der Waals surface area (Å²) in [5.74, 6) is 0.355. The van der Waals surface area contributed by atoms with Gasteiger partial charge in [-0.15, -0.1) is 0 Å². The fourth-order valence-corrected chi connectivity index (χ4v) is 4.30. The number of carbonyl (C=O) groups excluding carboxylic acids is 1. The molecule has 0 aromatic heterocycles. The SMILES string of the molecule is COC[C@@H]1C[C@@H](CC(C)(C)[Si](C)(C)O)CN1C(=O)OCc1ccccc1. The molecule has 6 heteroatoms. The molecule has 0 spiro atoms. The number of amides is 1. The van der Waals surface area contributed by atoms with Gasteiger partial charge in [-0.05, 0) is 42.5 Å². The zero-order valence-corrected chi connectivity index (χ0v) is 17.7. The van der Waals surface area contributed by atoms with Gasteiger partial charge in [0.05, 0.1) is 12.6 Å². The van der Waals surface area contributed by atoms with Gasteiger partial charge in [0.1, 0.15) is 6.61 Å². The number of ether oxygens (including phenoxy) is 2.